The summed E-state index contributed by atoms with van der Waals surface area (Å²) in [6, 6.07) is 7.27. The molecule has 0 saturated carbocycles. The second-order valence-corrected chi connectivity index (χ2v) is 7.14. The molecule has 5 N–H and O–H groups in total. The number of rotatable bonds is 15. The van der Waals surface area contributed by atoms with Crippen LogP contribution in [-0.4, -0.2) is 67.2 Å². The molecule has 0 aliphatic rings. The molecule has 0 aliphatic heterocycles. The molecule has 0 spiro atoms. The normalized spacial score (nSPS) is 10.8. The first-order valence-corrected chi connectivity index (χ1v) is 10.3. The van der Waals surface area contributed by atoms with Gasteiger partial charge in [-0.05, 0) is 50.4 Å². The number of nitrogens with zero attached hydrogens (tertiary/aromatic N) is 1. The summed E-state index contributed by atoms with van der Waals surface area (Å²) in [5, 5.41) is 27.4. The Morgan fingerprint density at radius 1 is 1.03 bits per heavy atom. The average Bonchev–Trinajstić information content (AvgIpc) is 2.69. The van der Waals surface area contributed by atoms with Gasteiger partial charge in [0.25, 0.3) is 0 Å². The van der Waals surface area contributed by atoms with E-state index in [2.05, 4.69) is 20.9 Å². The molecule has 1 aromatic carbocycles. The van der Waals surface area contributed by atoms with Crippen molar-refractivity contribution in [3.05, 3.63) is 29.8 Å². The molecule has 0 atom stereocenters. The molecule has 0 bridgehead atoms. The van der Waals surface area contributed by atoms with Gasteiger partial charge in [-0.15, -0.1) is 0 Å². The summed E-state index contributed by atoms with van der Waals surface area (Å²) < 4.78 is 0. The van der Waals surface area contributed by atoms with Crippen LogP contribution in [0.5, 0.6) is 0 Å². The molecule has 1 rings (SSSR count). The van der Waals surface area contributed by atoms with Gasteiger partial charge in [-0.25, -0.2) is 0 Å². The molecule has 0 saturated heterocycles. The van der Waals surface area contributed by atoms with Crippen molar-refractivity contribution in [2.75, 3.05) is 33.4 Å². The zero-order valence-corrected chi connectivity index (χ0v) is 17.6. The molecule has 2 amide bonds. The van der Waals surface area contributed by atoms with Gasteiger partial charge >= 0.3 is 7.12 Å². The van der Waals surface area contributed by atoms with E-state index in [0.717, 1.165) is 37.9 Å². The first kappa shape index (κ1) is 25.1. The Hall–Kier alpha value is -1.94. The van der Waals surface area contributed by atoms with Crippen LogP contribution >= 0.6 is 0 Å². The van der Waals surface area contributed by atoms with Crippen LogP contribution in [0.15, 0.2) is 24.3 Å². The number of hydrogen-bond donors (Lipinski definition) is 5. The SMILES string of the molecule is CCCC(=O)NCNC(=O)CCN(C)CCCCNCc1ccccc1B(O)O. The predicted octanol–water partition coefficient (Wildman–Crippen LogP) is -0.452. The maximum absolute atomic E-state index is 11.8. The lowest BCUT2D eigenvalue weighted by molar-refractivity contribution is -0.123. The Morgan fingerprint density at radius 3 is 2.41 bits per heavy atom. The summed E-state index contributed by atoms with van der Waals surface area (Å²) in [5.41, 5.74) is 1.42. The molecule has 0 radical (unpaired) electrons. The molecule has 8 nitrogen and oxygen atoms in total. The Kier molecular flexibility index (Phi) is 13.0. The van der Waals surface area contributed by atoms with Crippen LogP contribution in [0.3, 0.4) is 0 Å². The Balaban J connectivity index is 2.06. The molecule has 0 aliphatic carbocycles. The summed E-state index contributed by atoms with van der Waals surface area (Å²) in [5.74, 6) is -0.116. The number of hydrogen-bond acceptors (Lipinski definition) is 6. The maximum atomic E-state index is 11.8. The molecule has 29 heavy (non-hydrogen) atoms. The topological polar surface area (TPSA) is 114 Å². The molecule has 162 valence electrons. The zero-order valence-electron chi connectivity index (χ0n) is 17.6. The van der Waals surface area contributed by atoms with Crippen molar-refractivity contribution in [2.45, 2.75) is 45.6 Å². The van der Waals surface area contributed by atoms with E-state index in [1.807, 2.05) is 26.1 Å². The summed E-state index contributed by atoms with van der Waals surface area (Å²) in [6.07, 6.45) is 3.66. The molecule has 9 heteroatoms. The monoisotopic (exact) mass is 406 g/mol. The molecule has 0 aromatic heterocycles. The van der Waals surface area contributed by atoms with Crippen molar-refractivity contribution < 1.29 is 19.6 Å². The lowest BCUT2D eigenvalue weighted by Gasteiger charge is -2.16. The van der Waals surface area contributed by atoms with E-state index < -0.39 is 7.12 Å². The number of benzene rings is 1. The number of nitrogens with one attached hydrogen (secondary N) is 3. The maximum Gasteiger partial charge on any atom is 0.488 e. The summed E-state index contributed by atoms with van der Waals surface area (Å²) in [7, 11) is 0.536. The number of carbonyl (C=O) groups is 2. The largest absolute Gasteiger partial charge is 0.488 e. The van der Waals surface area contributed by atoms with E-state index in [0.29, 0.717) is 31.4 Å². The highest BCUT2D eigenvalue weighted by atomic mass is 16.4. The van der Waals surface area contributed by atoms with Crippen molar-refractivity contribution in [1.82, 2.24) is 20.9 Å². The standard InChI is InChI=1S/C20H35BN4O4/c1-3-8-19(26)23-16-24-20(27)11-14-25(2)13-7-6-12-22-15-17-9-4-5-10-18(17)21(28)29/h4-5,9-10,22,28-29H,3,6-8,11-16H2,1-2H3,(H,23,26)(H,24,27). The second kappa shape index (κ2) is 15.0. The summed E-state index contributed by atoms with van der Waals surface area (Å²) in [4.78, 5) is 25.2. The van der Waals surface area contributed by atoms with Crippen molar-refractivity contribution in [3.63, 3.8) is 0 Å². The quantitative estimate of drug-likeness (QED) is 0.153. The van der Waals surface area contributed by atoms with E-state index in [-0.39, 0.29) is 18.5 Å². The number of carbonyl (C=O) groups excluding carboxylic acids is 2. The fraction of sp³-hybridized carbons (Fsp3) is 0.600. The lowest BCUT2D eigenvalue weighted by Crippen LogP contribution is -2.38. The lowest BCUT2D eigenvalue weighted by atomic mass is 9.77. The minimum Gasteiger partial charge on any atom is -0.423 e. The fourth-order valence-corrected chi connectivity index (χ4v) is 2.85. The van der Waals surface area contributed by atoms with Gasteiger partial charge in [-0.1, -0.05) is 31.2 Å². The number of amides is 2. The van der Waals surface area contributed by atoms with Gasteiger partial charge in [0.15, 0.2) is 0 Å². The van der Waals surface area contributed by atoms with Gasteiger partial charge in [0, 0.05) is 25.9 Å². The molecular weight excluding hydrogens is 371 g/mol. The van der Waals surface area contributed by atoms with Crippen molar-refractivity contribution in [1.29, 1.82) is 0 Å². The van der Waals surface area contributed by atoms with Crippen molar-refractivity contribution >= 4 is 24.4 Å². The Bertz CT molecular complexity index is 616. The summed E-state index contributed by atoms with van der Waals surface area (Å²) >= 11 is 0. The van der Waals surface area contributed by atoms with Crippen LogP contribution in [-0.2, 0) is 16.1 Å². The molecular formula is C20H35BN4O4. The Morgan fingerprint density at radius 2 is 1.72 bits per heavy atom. The van der Waals surface area contributed by atoms with E-state index in [4.69, 9.17) is 0 Å². The second-order valence-electron chi connectivity index (χ2n) is 7.14. The predicted molar refractivity (Wildman–Crippen MR) is 115 cm³/mol. The first-order chi connectivity index (χ1) is 13.9. The van der Waals surface area contributed by atoms with Crippen LogP contribution in [0.4, 0.5) is 0 Å². The van der Waals surface area contributed by atoms with Gasteiger partial charge in [0.2, 0.25) is 11.8 Å². The van der Waals surface area contributed by atoms with Crippen LogP contribution in [0.1, 0.15) is 44.6 Å². The smallest absolute Gasteiger partial charge is 0.423 e. The third-order valence-electron chi connectivity index (χ3n) is 4.56. The van der Waals surface area contributed by atoms with Crippen LogP contribution in [0.25, 0.3) is 0 Å². The van der Waals surface area contributed by atoms with E-state index in [1.165, 1.54) is 0 Å². The highest BCUT2D eigenvalue weighted by Gasteiger charge is 2.14. The Labute approximate surface area is 174 Å². The van der Waals surface area contributed by atoms with Gasteiger partial charge in [-0.2, -0.15) is 0 Å². The minimum atomic E-state index is -1.45. The fourth-order valence-electron chi connectivity index (χ4n) is 2.85. The van der Waals surface area contributed by atoms with Crippen molar-refractivity contribution in [2.24, 2.45) is 0 Å². The van der Waals surface area contributed by atoms with Crippen LogP contribution in [0, 0.1) is 0 Å². The average molecular weight is 406 g/mol. The van der Waals surface area contributed by atoms with Gasteiger partial charge < -0.3 is 30.9 Å². The minimum absolute atomic E-state index is 0.0467. The van der Waals surface area contributed by atoms with E-state index in [9.17, 15) is 19.6 Å². The van der Waals surface area contributed by atoms with Crippen LogP contribution < -0.4 is 21.4 Å². The van der Waals surface area contributed by atoms with E-state index >= 15 is 0 Å². The molecule has 0 fully saturated rings. The van der Waals surface area contributed by atoms with Gasteiger partial charge in [0.1, 0.15) is 0 Å². The molecule has 0 unspecified atom stereocenters. The zero-order chi connectivity index (χ0) is 21.5. The van der Waals surface area contributed by atoms with Gasteiger partial charge in [0.05, 0.1) is 6.67 Å². The number of unbranched alkanes of at least 4 members (excludes halogenated alkanes) is 1. The molecule has 1 aromatic rings. The molecule has 0 heterocycles. The van der Waals surface area contributed by atoms with Crippen molar-refractivity contribution in [3.8, 4) is 0 Å². The third-order valence-corrected chi connectivity index (χ3v) is 4.56. The van der Waals surface area contributed by atoms with E-state index in [1.54, 1.807) is 12.1 Å². The highest BCUT2D eigenvalue weighted by molar-refractivity contribution is 6.59. The summed E-state index contributed by atoms with van der Waals surface area (Å²) in [6.45, 7) is 5.12. The van der Waals surface area contributed by atoms with Crippen LogP contribution in [0.2, 0.25) is 0 Å². The third kappa shape index (κ3) is 11.6. The van der Waals surface area contributed by atoms with Gasteiger partial charge in [-0.3, -0.25) is 9.59 Å². The first-order valence-electron chi connectivity index (χ1n) is 10.3. The highest BCUT2D eigenvalue weighted by Crippen LogP contribution is 1.98.